The third kappa shape index (κ3) is 3.80. The van der Waals surface area contributed by atoms with Crippen LogP contribution in [0.1, 0.15) is 13.3 Å². The van der Waals surface area contributed by atoms with Crippen LogP contribution in [0.4, 0.5) is 10.6 Å². The van der Waals surface area contributed by atoms with Crippen LogP contribution in [0.15, 0.2) is 12.3 Å². The third-order valence-corrected chi connectivity index (χ3v) is 3.35. The zero-order valence-electron chi connectivity index (χ0n) is 11.9. The summed E-state index contributed by atoms with van der Waals surface area (Å²) in [5, 5.41) is 11.7. The molecule has 2 unspecified atom stereocenters. The Kier molecular flexibility index (Phi) is 4.56. The number of piperidine rings is 1. The van der Waals surface area contributed by atoms with Crippen molar-refractivity contribution in [1.29, 1.82) is 0 Å². The Bertz CT molecular complexity index is 537. The first-order valence-electron chi connectivity index (χ1n) is 6.65. The van der Waals surface area contributed by atoms with Crippen molar-refractivity contribution in [3.05, 3.63) is 12.3 Å². The highest BCUT2D eigenvalue weighted by molar-refractivity contribution is 5.88. The number of aliphatic carboxylic acids is 1. The molecule has 0 aromatic carbocycles. The Morgan fingerprint density at radius 3 is 2.90 bits per heavy atom. The minimum Gasteiger partial charge on any atom is -0.481 e. The van der Waals surface area contributed by atoms with Gasteiger partial charge in [-0.3, -0.25) is 10.1 Å². The number of rotatable bonds is 3. The minimum absolute atomic E-state index is 0.144. The summed E-state index contributed by atoms with van der Waals surface area (Å²) >= 11 is 0. The third-order valence-electron chi connectivity index (χ3n) is 3.35. The number of carbonyl (C=O) groups is 2. The van der Waals surface area contributed by atoms with Crippen LogP contribution >= 0.6 is 0 Å². The lowest BCUT2D eigenvalue weighted by atomic mass is 9.91. The van der Waals surface area contributed by atoms with Crippen molar-refractivity contribution in [3.63, 3.8) is 0 Å². The molecule has 2 heterocycles. The second kappa shape index (κ2) is 6.38. The molecule has 21 heavy (non-hydrogen) atoms. The number of amides is 2. The first kappa shape index (κ1) is 15.0. The zero-order chi connectivity index (χ0) is 15.4. The summed E-state index contributed by atoms with van der Waals surface area (Å²) in [5.41, 5.74) is 0. The Morgan fingerprint density at radius 1 is 1.48 bits per heavy atom. The van der Waals surface area contributed by atoms with Gasteiger partial charge in [0.25, 0.3) is 0 Å². The predicted octanol–water partition coefficient (Wildman–Crippen LogP) is 1.06. The molecule has 1 fully saturated rings. The van der Waals surface area contributed by atoms with E-state index in [2.05, 4.69) is 15.3 Å². The number of ether oxygens (including phenoxy) is 1. The minimum atomic E-state index is -0.872. The molecule has 0 spiro atoms. The highest BCUT2D eigenvalue weighted by Crippen LogP contribution is 2.22. The molecular formula is C13H18N4O4. The summed E-state index contributed by atoms with van der Waals surface area (Å²) in [6.07, 6.45) is 2.06. The van der Waals surface area contributed by atoms with Crippen LogP contribution in [-0.4, -0.2) is 52.2 Å². The quantitative estimate of drug-likeness (QED) is 0.863. The molecule has 8 nitrogen and oxygen atoms in total. The molecule has 1 saturated heterocycles. The standard InChI is InChI=1S/C13H18N4O4/c1-8-5-9(11(18)19)7-17(6-8)13(20)16-10-3-4-14-12(15-10)21-2/h3-4,8-9H,5-7H2,1-2H3,(H,18,19)(H,14,15,16,20). The van der Waals surface area contributed by atoms with Gasteiger partial charge in [0.1, 0.15) is 5.82 Å². The van der Waals surface area contributed by atoms with Crippen molar-refractivity contribution in [3.8, 4) is 6.01 Å². The number of hydrogen-bond donors (Lipinski definition) is 2. The molecule has 0 aliphatic carbocycles. The number of carboxylic acid groups (broad SMARTS) is 1. The van der Waals surface area contributed by atoms with Crippen LogP contribution in [0, 0.1) is 11.8 Å². The second-order valence-electron chi connectivity index (χ2n) is 5.14. The fourth-order valence-corrected chi connectivity index (χ4v) is 2.39. The SMILES string of the molecule is COc1nccc(NC(=O)N2CC(C)CC(C(=O)O)C2)n1. The summed E-state index contributed by atoms with van der Waals surface area (Å²) in [4.78, 5) is 32.7. The molecule has 1 aromatic rings. The number of hydrogen-bond acceptors (Lipinski definition) is 5. The van der Waals surface area contributed by atoms with E-state index in [1.165, 1.54) is 18.2 Å². The predicted molar refractivity (Wildman–Crippen MR) is 74.1 cm³/mol. The lowest BCUT2D eigenvalue weighted by Gasteiger charge is -2.34. The number of methoxy groups -OCH3 is 1. The van der Waals surface area contributed by atoms with E-state index < -0.39 is 11.9 Å². The highest BCUT2D eigenvalue weighted by Gasteiger charge is 2.32. The van der Waals surface area contributed by atoms with Crippen LogP contribution in [0.2, 0.25) is 0 Å². The molecule has 114 valence electrons. The monoisotopic (exact) mass is 294 g/mol. The van der Waals surface area contributed by atoms with Crippen molar-refractivity contribution in [1.82, 2.24) is 14.9 Å². The molecule has 0 saturated carbocycles. The van der Waals surface area contributed by atoms with Crippen LogP contribution < -0.4 is 10.1 Å². The van der Waals surface area contributed by atoms with E-state index in [0.717, 1.165) is 0 Å². The molecule has 2 N–H and O–H groups in total. The van der Waals surface area contributed by atoms with Gasteiger partial charge in [0.15, 0.2) is 0 Å². The summed E-state index contributed by atoms with van der Waals surface area (Å²) in [6, 6.07) is 1.33. The van der Waals surface area contributed by atoms with Crippen LogP contribution in [0.25, 0.3) is 0 Å². The van der Waals surface area contributed by atoms with Gasteiger partial charge in [-0.2, -0.15) is 4.98 Å². The zero-order valence-corrected chi connectivity index (χ0v) is 11.9. The van der Waals surface area contributed by atoms with Crippen LogP contribution in [0.3, 0.4) is 0 Å². The van der Waals surface area contributed by atoms with Crippen molar-refractivity contribution in [2.45, 2.75) is 13.3 Å². The van der Waals surface area contributed by atoms with Gasteiger partial charge in [-0.25, -0.2) is 9.78 Å². The normalized spacial score (nSPS) is 21.7. The summed E-state index contributed by atoms with van der Waals surface area (Å²) < 4.78 is 4.88. The maximum atomic E-state index is 12.2. The number of nitrogens with one attached hydrogen (secondary N) is 1. The van der Waals surface area contributed by atoms with Gasteiger partial charge in [0.05, 0.1) is 13.0 Å². The maximum Gasteiger partial charge on any atom is 0.323 e. The Labute approximate surface area is 122 Å². The first-order chi connectivity index (χ1) is 9.99. The maximum absolute atomic E-state index is 12.2. The molecule has 2 amide bonds. The molecule has 0 radical (unpaired) electrons. The number of aromatic nitrogens is 2. The Balaban J connectivity index is 2.03. The highest BCUT2D eigenvalue weighted by atomic mass is 16.5. The lowest BCUT2D eigenvalue weighted by Crippen LogP contribution is -2.47. The Hall–Kier alpha value is -2.38. The average molecular weight is 294 g/mol. The first-order valence-corrected chi connectivity index (χ1v) is 6.65. The number of likely N-dealkylation sites (tertiary alicyclic amines) is 1. The van der Waals surface area contributed by atoms with Crippen molar-refractivity contribution in [2.75, 3.05) is 25.5 Å². The number of carbonyl (C=O) groups excluding carboxylic acids is 1. The Morgan fingerprint density at radius 2 is 2.24 bits per heavy atom. The van der Waals surface area contributed by atoms with E-state index in [9.17, 15) is 9.59 Å². The fraction of sp³-hybridized carbons (Fsp3) is 0.538. The lowest BCUT2D eigenvalue weighted by molar-refractivity contribution is -0.143. The van der Waals surface area contributed by atoms with E-state index in [1.807, 2.05) is 6.92 Å². The van der Waals surface area contributed by atoms with E-state index in [0.29, 0.717) is 18.8 Å². The van der Waals surface area contributed by atoms with E-state index >= 15 is 0 Å². The van der Waals surface area contributed by atoms with Crippen molar-refractivity contribution < 1.29 is 19.4 Å². The molecular weight excluding hydrogens is 276 g/mol. The number of carboxylic acids is 1. The smallest absolute Gasteiger partial charge is 0.323 e. The average Bonchev–Trinajstić information content (AvgIpc) is 2.46. The molecule has 2 rings (SSSR count). The van der Waals surface area contributed by atoms with Gasteiger partial charge in [-0.15, -0.1) is 0 Å². The number of urea groups is 1. The van der Waals surface area contributed by atoms with Crippen molar-refractivity contribution >= 4 is 17.8 Å². The largest absolute Gasteiger partial charge is 0.481 e. The summed E-state index contributed by atoms with van der Waals surface area (Å²) in [6.45, 7) is 2.66. The van der Waals surface area contributed by atoms with Gasteiger partial charge in [-0.05, 0) is 18.4 Å². The molecule has 0 bridgehead atoms. The van der Waals surface area contributed by atoms with Gasteiger partial charge < -0.3 is 14.7 Å². The van der Waals surface area contributed by atoms with E-state index in [1.54, 1.807) is 6.07 Å². The van der Waals surface area contributed by atoms with Crippen molar-refractivity contribution in [2.24, 2.45) is 11.8 Å². The van der Waals surface area contributed by atoms with Crippen LogP contribution in [0.5, 0.6) is 6.01 Å². The molecule has 2 atom stereocenters. The van der Waals surface area contributed by atoms with Gasteiger partial charge >= 0.3 is 18.0 Å². The van der Waals surface area contributed by atoms with E-state index in [-0.39, 0.29) is 24.5 Å². The topological polar surface area (TPSA) is 105 Å². The van der Waals surface area contributed by atoms with Crippen LogP contribution in [-0.2, 0) is 4.79 Å². The van der Waals surface area contributed by atoms with Gasteiger partial charge in [-0.1, -0.05) is 6.92 Å². The van der Waals surface area contributed by atoms with Gasteiger partial charge in [0.2, 0.25) is 0 Å². The summed E-state index contributed by atoms with van der Waals surface area (Å²) in [7, 11) is 1.44. The van der Waals surface area contributed by atoms with E-state index in [4.69, 9.17) is 9.84 Å². The second-order valence-corrected chi connectivity index (χ2v) is 5.14. The number of anilines is 1. The fourth-order valence-electron chi connectivity index (χ4n) is 2.39. The van der Waals surface area contributed by atoms with Gasteiger partial charge in [0, 0.05) is 19.3 Å². The molecule has 1 aromatic heterocycles. The molecule has 1 aliphatic heterocycles. The molecule has 1 aliphatic rings. The number of nitrogens with zero attached hydrogens (tertiary/aromatic N) is 3. The molecule has 8 heteroatoms. The summed E-state index contributed by atoms with van der Waals surface area (Å²) in [5.74, 6) is -0.940.